The van der Waals surface area contributed by atoms with Crippen LogP contribution in [0.1, 0.15) is 18.1 Å². The van der Waals surface area contributed by atoms with Gasteiger partial charge in [0.05, 0.1) is 12.5 Å². The quantitative estimate of drug-likeness (QED) is 0.739. The lowest BCUT2D eigenvalue weighted by molar-refractivity contribution is -0.122. The average Bonchev–Trinajstić information content (AvgIpc) is 2.46. The first kappa shape index (κ1) is 15.6. The van der Waals surface area contributed by atoms with Crippen molar-refractivity contribution < 1.29 is 9.90 Å². The van der Waals surface area contributed by atoms with Crippen molar-refractivity contribution in [2.45, 2.75) is 12.5 Å². The zero-order chi connectivity index (χ0) is 15.2. The monoisotopic (exact) mass is 325 g/mol. The molecule has 0 radical (unpaired) electrons. The molecule has 0 aliphatic rings. The predicted molar refractivity (Wildman–Crippen MR) is 82.0 cm³/mol. The minimum absolute atomic E-state index is 0.0881. The molecule has 0 fully saturated rings. The fourth-order valence-electron chi connectivity index (χ4n) is 1.64. The van der Waals surface area contributed by atoms with E-state index in [-0.39, 0.29) is 12.3 Å². The second-order valence-corrected chi connectivity index (χ2v) is 5.18. The van der Waals surface area contributed by atoms with Crippen LogP contribution < -0.4 is 10.9 Å². The number of hydrogen-bond donors (Lipinski definition) is 3. The summed E-state index contributed by atoms with van der Waals surface area (Å²) in [5.74, 6) is 0.0380. The molecule has 3 N–H and O–H groups in total. The number of carbonyl (C=O) groups excluding carboxylic acids is 1. The normalized spacial score (nSPS) is 11.8. The summed E-state index contributed by atoms with van der Waals surface area (Å²) in [6, 6.07) is 9.85. The van der Waals surface area contributed by atoms with Crippen molar-refractivity contribution in [1.29, 1.82) is 0 Å². The molecular weight excluding hydrogens is 313 g/mol. The fraction of sp³-hybridized carbons (Fsp3) is 0.143. The molecule has 1 heterocycles. The Balaban J connectivity index is 1.85. The van der Waals surface area contributed by atoms with Crippen molar-refractivity contribution in [2.24, 2.45) is 0 Å². The molecular formula is C14H13Cl2N3O2. The number of anilines is 1. The maximum absolute atomic E-state index is 11.7. The van der Waals surface area contributed by atoms with E-state index in [0.717, 1.165) is 0 Å². The number of nitrogens with zero attached hydrogens (tertiary/aromatic N) is 1. The van der Waals surface area contributed by atoms with Crippen LogP contribution >= 0.6 is 23.2 Å². The summed E-state index contributed by atoms with van der Waals surface area (Å²) in [7, 11) is 0. The van der Waals surface area contributed by atoms with Crippen LogP contribution in [-0.4, -0.2) is 16.0 Å². The van der Waals surface area contributed by atoms with E-state index >= 15 is 0 Å². The van der Waals surface area contributed by atoms with E-state index in [1.165, 1.54) is 6.20 Å². The largest absolute Gasteiger partial charge is 0.388 e. The Morgan fingerprint density at radius 2 is 1.90 bits per heavy atom. The maximum atomic E-state index is 11.7. The highest BCUT2D eigenvalue weighted by atomic mass is 35.5. The third kappa shape index (κ3) is 4.90. The lowest BCUT2D eigenvalue weighted by Crippen LogP contribution is -2.30. The summed E-state index contributed by atoms with van der Waals surface area (Å²) in [6.45, 7) is 0. The van der Waals surface area contributed by atoms with Gasteiger partial charge in [0.15, 0.2) is 0 Å². The van der Waals surface area contributed by atoms with Crippen LogP contribution in [0.2, 0.25) is 10.0 Å². The Hall–Kier alpha value is -1.82. The molecule has 5 nitrogen and oxygen atoms in total. The van der Waals surface area contributed by atoms with E-state index in [1.54, 1.807) is 36.4 Å². The number of aromatic nitrogens is 1. The van der Waals surface area contributed by atoms with Crippen molar-refractivity contribution in [3.8, 4) is 0 Å². The molecule has 1 unspecified atom stereocenters. The van der Waals surface area contributed by atoms with Gasteiger partial charge in [-0.15, -0.1) is 0 Å². The summed E-state index contributed by atoms with van der Waals surface area (Å²) in [4.78, 5) is 15.7. The van der Waals surface area contributed by atoms with Gasteiger partial charge < -0.3 is 5.11 Å². The highest BCUT2D eigenvalue weighted by molar-refractivity contribution is 6.30. The first-order valence-electron chi connectivity index (χ1n) is 6.14. The Morgan fingerprint density at radius 3 is 2.57 bits per heavy atom. The number of hydrazine groups is 1. The molecule has 2 aromatic rings. The van der Waals surface area contributed by atoms with E-state index in [4.69, 9.17) is 23.2 Å². The Morgan fingerprint density at radius 1 is 1.19 bits per heavy atom. The van der Waals surface area contributed by atoms with Crippen LogP contribution in [0.4, 0.5) is 5.82 Å². The molecule has 0 aliphatic carbocycles. The van der Waals surface area contributed by atoms with Crippen molar-refractivity contribution in [3.05, 3.63) is 58.2 Å². The molecule has 1 atom stereocenters. The van der Waals surface area contributed by atoms with Crippen molar-refractivity contribution in [2.75, 3.05) is 5.43 Å². The van der Waals surface area contributed by atoms with Gasteiger partial charge in [-0.3, -0.25) is 15.6 Å². The van der Waals surface area contributed by atoms with Crippen LogP contribution in [-0.2, 0) is 4.79 Å². The number of aliphatic hydroxyl groups is 1. The molecule has 21 heavy (non-hydrogen) atoms. The van der Waals surface area contributed by atoms with Crippen molar-refractivity contribution in [3.63, 3.8) is 0 Å². The number of hydrogen-bond acceptors (Lipinski definition) is 4. The second-order valence-electron chi connectivity index (χ2n) is 4.30. The highest BCUT2D eigenvalue weighted by Gasteiger charge is 2.12. The summed E-state index contributed by atoms with van der Waals surface area (Å²) in [6.07, 6.45) is 0.519. The van der Waals surface area contributed by atoms with Crippen LogP contribution in [0.15, 0.2) is 42.6 Å². The maximum Gasteiger partial charge on any atom is 0.241 e. The van der Waals surface area contributed by atoms with Crippen LogP contribution in [0.3, 0.4) is 0 Å². The lowest BCUT2D eigenvalue weighted by Gasteiger charge is -2.12. The third-order valence-corrected chi connectivity index (χ3v) is 3.17. The van der Waals surface area contributed by atoms with Gasteiger partial charge in [0.2, 0.25) is 5.91 Å². The number of amides is 1. The molecule has 1 aromatic heterocycles. The molecule has 1 amide bonds. The smallest absolute Gasteiger partial charge is 0.241 e. The molecule has 1 aromatic carbocycles. The van der Waals surface area contributed by atoms with E-state index < -0.39 is 6.10 Å². The molecule has 0 aliphatic heterocycles. The van der Waals surface area contributed by atoms with Gasteiger partial charge in [0, 0.05) is 22.3 Å². The van der Waals surface area contributed by atoms with Gasteiger partial charge in [-0.05, 0) is 23.8 Å². The summed E-state index contributed by atoms with van der Waals surface area (Å²) < 4.78 is 0. The van der Waals surface area contributed by atoms with Gasteiger partial charge in [0.1, 0.15) is 5.82 Å². The summed E-state index contributed by atoms with van der Waals surface area (Å²) in [5, 5.41) is 11.0. The first-order chi connectivity index (χ1) is 10.0. The standard InChI is InChI=1S/C14H13Cl2N3O2/c15-10-3-1-9(2-4-10)12(20)8-14(21)19-18-13-7-11(16)5-6-17-13/h1-7,12,20H,8H2,(H,17,18)(H,19,21). The van der Waals surface area contributed by atoms with Gasteiger partial charge in [0.25, 0.3) is 0 Å². The Kier molecular flexibility index (Phi) is 5.38. The number of aliphatic hydroxyl groups excluding tert-OH is 1. The van der Waals surface area contributed by atoms with Gasteiger partial charge >= 0.3 is 0 Å². The third-order valence-electron chi connectivity index (χ3n) is 2.69. The Labute approximate surface area is 131 Å². The number of nitrogens with one attached hydrogen (secondary N) is 2. The zero-order valence-corrected chi connectivity index (χ0v) is 12.4. The molecule has 110 valence electrons. The molecule has 0 spiro atoms. The number of carbonyl (C=O) groups is 1. The second kappa shape index (κ2) is 7.26. The highest BCUT2D eigenvalue weighted by Crippen LogP contribution is 2.19. The number of rotatable bonds is 5. The molecule has 0 saturated heterocycles. The minimum atomic E-state index is -0.906. The molecule has 7 heteroatoms. The van der Waals surface area contributed by atoms with Gasteiger partial charge in [-0.25, -0.2) is 4.98 Å². The number of halogens is 2. The number of benzene rings is 1. The predicted octanol–water partition coefficient (Wildman–Crippen LogP) is 2.96. The average molecular weight is 326 g/mol. The lowest BCUT2D eigenvalue weighted by atomic mass is 10.1. The first-order valence-corrected chi connectivity index (χ1v) is 6.90. The van der Waals surface area contributed by atoms with E-state index in [1.807, 2.05) is 0 Å². The summed E-state index contributed by atoms with van der Waals surface area (Å²) in [5.41, 5.74) is 5.69. The van der Waals surface area contributed by atoms with Gasteiger partial charge in [-0.1, -0.05) is 35.3 Å². The summed E-state index contributed by atoms with van der Waals surface area (Å²) >= 11 is 11.6. The minimum Gasteiger partial charge on any atom is -0.388 e. The van der Waals surface area contributed by atoms with E-state index in [9.17, 15) is 9.90 Å². The van der Waals surface area contributed by atoms with E-state index in [0.29, 0.717) is 21.4 Å². The molecule has 0 bridgehead atoms. The zero-order valence-electron chi connectivity index (χ0n) is 10.9. The topological polar surface area (TPSA) is 74.2 Å². The van der Waals surface area contributed by atoms with Crippen molar-refractivity contribution in [1.82, 2.24) is 10.4 Å². The van der Waals surface area contributed by atoms with E-state index in [2.05, 4.69) is 15.8 Å². The van der Waals surface area contributed by atoms with Crippen LogP contribution in [0.25, 0.3) is 0 Å². The van der Waals surface area contributed by atoms with Gasteiger partial charge in [-0.2, -0.15) is 0 Å². The molecule has 2 rings (SSSR count). The van der Waals surface area contributed by atoms with Crippen LogP contribution in [0.5, 0.6) is 0 Å². The Bertz CT molecular complexity index is 620. The van der Waals surface area contributed by atoms with Crippen molar-refractivity contribution >= 4 is 34.9 Å². The number of pyridine rings is 1. The fourth-order valence-corrected chi connectivity index (χ4v) is 1.92. The van der Waals surface area contributed by atoms with Crippen LogP contribution in [0, 0.1) is 0 Å². The SMILES string of the molecule is O=C(CC(O)c1ccc(Cl)cc1)NNc1cc(Cl)ccn1. The molecule has 0 saturated carbocycles.